The minimum atomic E-state index is -4.30. The molecule has 1 aromatic heterocycles. The highest BCUT2D eigenvalue weighted by Crippen LogP contribution is 2.30. The quantitative estimate of drug-likeness (QED) is 0.860. The third-order valence-corrected chi connectivity index (χ3v) is 3.25. The van der Waals surface area contributed by atoms with Crippen LogP contribution in [0.2, 0.25) is 0 Å². The second-order valence-electron chi connectivity index (χ2n) is 4.50. The highest BCUT2D eigenvalue weighted by atomic mass is 19.4. The summed E-state index contributed by atoms with van der Waals surface area (Å²) in [7, 11) is 0. The van der Waals surface area contributed by atoms with Crippen LogP contribution in [-0.2, 0) is 19.1 Å². The second-order valence-corrected chi connectivity index (χ2v) is 4.50. The van der Waals surface area contributed by atoms with Gasteiger partial charge in [0.25, 0.3) is 0 Å². The molecular formula is C13H12F3N3. The first-order chi connectivity index (χ1) is 9.05. The summed E-state index contributed by atoms with van der Waals surface area (Å²) in [6.07, 6.45) is -1.71. The standard InChI is InChI=1S/C13H12F3N3/c14-13(15,16)10-1-3-11(4-2-10)19-12-5-6-17-7-9(12)8-18-19/h1-4,8,17H,5-7H2. The molecule has 0 saturated heterocycles. The zero-order valence-corrected chi connectivity index (χ0v) is 10.0. The van der Waals surface area contributed by atoms with Crippen molar-refractivity contribution in [2.24, 2.45) is 0 Å². The van der Waals surface area contributed by atoms with Gasteiger partial charge in [0, 0.05) is 30.8 Å². The molecule has 0 fully saturated rings. The van der Waals surface area contributed by atoms with Crippen molar-refractivity contribution in [1.82, 2.24) is 15.1 Å². The molecule has 0 saturated carbocycles. The number of hydrogen-bond donors (Lipinski definition) is 1. The van der Waals surface area contributed by atoms with E-state index in [1.807, 2.05) is 0 Å². The van der Waals surface area contributed by atoms with E-state index in [1.165, 1.54) is 12.1 Å². The molecule has 0 amide bonds. The first-order valence-corrected chi connectivity index (χ1v) is 6.00. The predicted octanol–water partition coefficient (Wildman–Crippen LogP) is 2.54. The minimum absolute atomic E-state index is 0.640. The summed E-state index contributed by atoms with van der Waals surface area (Å²) in [5.41, 5.74) is 2.19. The monoisotopic (exact) mass is 267 g/mol. The van der Waals surface area contributed by atoms with Crippen molar-refractivity contribution in [3.63, 3.8) is 0 Å². The third-order valence-electron chi connectivity index (χ3n) is 3.25. The lowest BCUT2D eigenvalue weighted by atomic mass is 10.1. The number of alkyl halides is 3. The first kappa shape index (κ1) is 12.2. The van der Waals surface area contributed by atoms with Gasteiger partial charge >= 0.3 is 6.18 Å². The Labute approximate surface area is 108 Å². The van der Waals surface area contributed by atoms with Gasteiger partial charge in [-0.25, -0.2) is 4.68 Å². The SMILES string of the molecule is FC(F)(F)c1ccc(-n2ncc3c2CCNC3)cc1. The van der Waals surface area contributed by atoms with E-state index in [0.29, 0.717) is 5.69 Å². The van der Waals surface area contributed by atoms with Crippen molar-refractivity contribution in [3.05, 3.63) is 47.3 Å². The van der Waals surface area contributed by atoms with E-state index >= 15 is 0 Å². The summed E-state index contributed by atoms with van der Waals surface area (Å²) >= 11 is 0. The van der Waals surface area contributed by atoms with Crippen LogP contribution in [0.5, 0.6) is 0 Å². The van der Waals surface area contributed by atoms with Crippen molar-refractivity contribution in [2.75, 3.05) is 6.54 Å². The fourth-order valence-corrected chi connectivity index (χ4v) is 2.27. The molecule has 3 nitrogen and oxygen atoms in total. The first-order valence-electron chi connectivity index (χ1n) is 6.00. The van der Waals surface area contributed by atoms with Gasteiger partial charge in [0.1, 0.15) is 0 Å². The largest absolute Gasteiger partial charge is 0.416 e. The maximum Gasteiger partial charge on any atom is 0.416 e. The topological polar surface area (TPSA) is 29.9 Å². The van der Waals surface area contributed by atoms with Crippen LogP contribution in [0, 0.1) is 0 Å². The van der Waals surface area contributed by atoms with E-state index in [1.54, 1.807) is 10.9 Å². The number of benzene rings is 1. The van der Waals surface area contributed by atoms with Gasteiger partial charge in [-0.15, -0.1) is 0 Å². The minimum Gasteiger partial charge on any atom is -0.312 e. The highest BCUT2D eigenvalue weighted by Gasteiger charge is 2.30. The van der Waals surface area contributed by atoms with E-state index in [2.05, 4.69) is 10.4 Å². The molecule has 1 aromatic carbocycles. The molecule has 0 aliphatic carbocycles. The molecule has 0 bridgehead atoms. The number of nitrogens with zero attached hydrogens (tertiary/aromatic N) is 2. The number of hydrogen-bond acceptors (Lipinski definition) is 2. The molecule has 2 aromatic rings. The zero-order valence-electron chi connectivity index (χ0n) is 10.0. The molecule has 0 radical (unpaired) electrons. The lowest BCUT2D eigenvalue weighted by Gasteiger charge is -2.15. The van der Waals surface area contributed by atoms with Gasteiger partial charge in [-0.05, 0) is 24.3 Å². The molecule has 0 atom stereocenters. The van der Waals surface area contributed by atoms with E-state index in [0.717, 1.165) is 42.9 Å². The number of fused-ring (bicyclic) bond motifs is 1. The normalized spacial score (nSPS) is 15.3. The smallest absolute Gasteiger partial charge is 0.312 e. The van der Waals surface area contributed by atoms with Crippen LogP contribution in [-0.4, -0.2) is 16.3 Å². The van der Waals surface area contributed by atoms with Crippen LogP contribution in [0.3, 0.4) is 0 Å². The highest BCUT2D eigenvalue weighted by molar-refractivity contribution is 5.38. The Morgan fingerprint density at radius 1 is 1.16 bits per heavy atom. The molecule has 1 aliphatic rings. The van der Waals surface area contributed by atoms with Crippen LogP contribution in [0.1, 0.15) is 16.8 Å². The molecule has 0 unspecified atom stereocenters. The summed E-state index contributed by atoms with van der Waals surface area (Å²) in [4.78, 5) is 0. The van der Waals surface area contributed by atoms with Crippen molar-refractivity contribution < 1.29 is 13.2 Å². The molecule has 100 valence electrons. The average Bonchev–Trinajstić information content (AvgIpc) is 2.82. The Morgan fingerprint density at radius 2 is 1.89 bits per heavy atom. The summed E-state index contributed by atoms with van der Waals surface area (Å²) in [5.74, 6) is 0. The van der Waals surface area contributed by atoms with Crippen LogP contribution in [0.4, 0.5) is 13.2 Å². The van der Waals surface area contributed by atoms with Crippen LogP contribution in [0.15, 0.2) is 30.5 Å². The lowest BCUT2D eigenvalue weighted by Crippen LogP contribution is -2.24. The Bertz CT molecular complexity index is 584. The van der Waals surface area contributed by atoms with Crippen LogP contribution in [0.25, 0.3) is 5.69 Å². The Kier molecular flexibility index (Phi) is 2.82. The van der Waals surface area contributed by atoms with Crippen molar-refractivity contribution in [2.45, 2.75) is 19.1 Å². The molecule has 3 rings (SSSR count). The zero-order chi connectivity index (χ0) is 13.5. The van der Waals surface area contributed by atoms with Gasteiger partial charge in [0.05, 0.1) is 17.4 Å². The predicted molar refractivity (Wildman–Crippen MR) is 64.0 cm³/mol. The van der Waals surface area contributed by atoms with Crippen LogP contribution < -0.4 is 5.32 Å². The molecule has 2 heterocycles. The second kappa shape index (κ2) is 4.38. The molecule has 1 N–H and O–H groups in total. The maximum absolute atomic E-state index is 12.5. The lowest BCUT2D eigenvalue weighted by molar-refractivity contribution is -0.137. The van der Waals surface area contributed by atoms with E-state index in [-0.39, 0.29) is 0 Å². The number of aromatic nitrogens is 2. The fourth-order valence-electron chi connectivity index (χ4n) is 2.27. The Morgan fingerprint density at radius 3 is 2.58 bits per heavy atom. The van der Waals surface area contributed by atoms with E-state index < -0.39 is 11.7 Å². The fraction of sp³-hybridized carbons (Fsp3) is 0.308. The summed E-state index contributed by atoms with van der Waals surface area (Å²) in [6.45, 7) is 1.62. The van der Waals surface area contributed by atoms with Crippen molar-refractivity contribution >= 4 is 0 Å². The van der Waals surface area contributed by atoms with Gasteiger partial charge < -0.3 is 5.32 Å². The third kappa shape index (κ3) is 2.23. The molecule has 1 aliphatic heterocycles. The van der Waals surface area contributed by atoms with E-state index in [9.17, 15) is 13.2 Å². The molecule has 0 spiro atoms. The Hall–Kier alpha value is -1.82. The number of halogens is 3. The maximum atomic E-state index is 12.5. The molecular weight excluding hydrogens is 255 g/mol. The van der Waals surface area contributed by atoms with Crippen LogP contribution >= 0.6 is 0 Å². The van der Waals surface area contributed by atoms with Gasteiger partial charge in [-0.1, -0.05) is 0 Å². The van der Waals surface area contributed by atoms with Crippen molar-refractivity contribution in [3.8, 4) is 5.69 Å². The Balaban J connectivity index is 1.97. The number of rotatable bonds is 1. The van der Waals surface area contributed by atoms with Gasteiger partial charge in [-0.2, -0.15) is 18.3 Å². The summed E-state index contributed by atoms with van der Waals surface area (Å²) < 4.78 is 39.2. The van der Waals surface area contributed by atoms with Gasteiger partial charge in [0.2, 0.25) is 0 Å². The van der Waals surface area contributed by atoms with Crippen molar-refractivity contribution in [1.29, 1.82) is 0 Å². The molecule has 6 heteroatoms. The number of nitrogens with one attached hydrogen (secondary N) is 1. The van der Waals surface area contributed by atoms with Gasteiger partial charge in [0.15, 0.2) is 0 Å². The average molecular weight is 267 g/mol. The summed E-state index contributed by atoms with van der Waals surface area (Å²) in [6, 6.07) is 5.09. The van der Waals surface area contributed by atoms with Gasteiger partial charge in [-0.3, -0.25) is 0 Å². The molecule has 19 heavy (non-hydrogen) atoms. The van der Waals surface area contributed by atoms with E-state index in [4.69, 9.17) is 0 Å². The summed E-state index contributed by atoms with van der Waals surface area (Å²) in [5, 5.41) is 7.49.